The highest BCUT2D eigenvalue weighted by atomic mass is 19.1. The Kier molecular flexibility index (Phi) is 4.52. The first kappa shape index (κ1) is 15.8. The molecule has 0 spiro atoms. The maximum absolute atomic E-state index is 13.7. The van der Waals surface area contributed by atoms with Crippen LogP contribution in [-0.4, -0.2) is 23.9 Å². The van der Waals surface area contributed by atoms with Crippen LogP contribution in [0.4, 0.5) is 10.1 Å². The van der Waals surface area contributed by atoms with E-state index in [9.17, 15) is 9.18 Å². The van der Waals surface area contributed by atoms with Crippen LogP contribution in [0.3, 0.4) is 0 Å². The molecule has 4 nitrogen and oxygen atoms in total. The molecule has 0 saturated heterocycles. The summed E-state index contributed by atoms with van der Waals surface area (Å²) in [6.07, 6.45) is 4.16. The van der Waals surface area contributed by atoms with E-state index in [4.69, 9.17) is 5.84 Å². The van der Waals surface area contributed by atoms with Crippen LogP contribution >= 0.6 is 0 Å². The number of hydrazine groups is 1. The molecular weight excluding hydrogens is 269 g/mol. The van der Waals surface area contributed by atoms with Crippen molar-refractivity contribution in [2.24, 2.45) is 11.3 Å². The second kappa shape index (κ2) is 6.02. The third-order valence-electron chi connectivity index (χ3n) is 4.57. The lowest BCUT2D eigenvalue weighted by Crippen LogP contribution is -2.41. The molecule has 3 N–H and O–H groups in total. The van der Waals surface area contributed by atoms with Gasteiger partial charge < -0.3 is 10.3 Å². The van der Waals surface area contributed by atoms with Gasteiger partial charge in [-0.1, -0.05) is 19.9 Å². The summed E-state index contributed by atoms with van der Waals surface area (Å²) in [5.41, 5.74) is 2.99. The Morgan fingerprint density at radius 2 is 2.00 bits per heavy atom. The number of nitrogen functional groups attached to an aromatic ring is 1. The monoisotopic (exact) mass is 293 g/mol. The highest BCUT2D eigenvalue weighted by Crippen LogP contribution is 2.37. The van der Waals surface area contributed by atoms with Gasteiger partial charge in [0.15, 0.2) is 0 Å². The number of para-hydroxylation sites is 1. The van der Waals surface area contributed by atoms with Crippen molar-refractivity contribution in [2.45, 2.75) is 45.6 Å². The fourth-order valence-corrected chi connectivity index (χ4v) is 2.98. The van der Waals surface area contributed by atoms with Crippen LogP contribution in [0.5, 0.6) is 0 Å². The minimum absolute atomic E-state index is 0.0606. The van der Waals surface area contributed by atoms with Gasteiger partial charge in [-0.3, -0.25) is 10.6 Å². The second-order valence-corrected chi connectivity index (χ2v) is 6.62. The van der Waals surface area contributed by atoms with Gasteiger partial charge >= 0.3 is 0 Å². The van der Waals surface area contributed by atoms with Crippen LogP contribution in [-0.2, 0) is 0 Å². The van der Waals surface area contributed by atoms with E-state index >= 15 is 0 Å². The smallest absolute Gasteiger partial charge is 0.256 e. The van der Waals surface area contributed by atoms with Crippen molar-refractivity contribution in [1.29, 1.82) is 0 Å². The number of anilines is 1. The van der Waals surface area contributed by atoms with E-state index in [2.05, 4.69) is 19.3 Å². The van der Waals surface area contributed by atoms with Gasteiger partial charge in [-0.2, -0.15) is 0 Å². The van der Waals surface area contributed by atoms with Crippen molar-refractivity contribution in [3.8, 4) is 0 Å². The van der Waals surface area contributed by atoms with E-state index in [1.807, 2.05) is 0 Å². The number of carbonyl (C=O) groups is 1. The van der Waals surface area contributed by atoms with Crippen molar-refractivity contribution in [2.75, 3.05) is 12.5 Å². The summed E-state index contributed by atoms with van der Waals surface area (Å²) >= 11 is 0. The number of hydrogen-bond donors (Lipinski definition) is 2. The van der Waals surface area contributed by atoms with Crippen LogP contribution < -0.4 is 11.3 Å². The Labute approximate surface area is 125 Å². The van der Waals surface area contributed by atoms with Gasteiger partial charge in [-0.25, -0.2) is 4.39 Å². The number of nitrogens with one attached hydrogen (secondary N) is 1. The SMILES string of the molecule is CN(C(=O)c1cccc(F)c1NN)C1CCC(C)(C)CC1. The van der Waals surface area contributed by atoms with Gasteiger partial charge in [0.2, 0.25) is 0 Å². The molecule has 0 heterocycles. The number of nitrogens with zero attached hydrogens (tertiary/aromatic N) is 1. The summed E-state index contributed by atoms with van der Waals surface area (Å²) in [6, 6.07) is 4.62. The van der Waals surface area contributed by atoms with Gasteiger partial charge in [0.05, 0.1) is 11.3 Å². The van der Waals surface area contributed by atoms with Crippen molar-refractivity contribution in [3.63, 3.8) is 0 Å². The minimum Gasteiger partial charge on any atom is -0.339 e. The maximum Gasteiger partial charge on any atom is 0.256 e. The zero-order valence-corrected chi connectivity index (χ0v) is 12.9. The largest absolute Gasteiger partial charge is 0.339 e. The molecule has 1 aromatic carbocycles. The van der Waals surface area contributed by atoms with Crippen molar-refractivity contribution >= 4 is 11.6 Å². The first-order valence-electron chi connectivity index (χ1n) is 7.38. The van der Waals surface area contributed by atoms with Crippen LogP contribution in [0.15, 0.2) is 18.2 Å². The summed E-state index contributed by atoms with van der Waals surface area (Å²) in [5, 5.41) is 0. The highest BCUT2D eigenvalue weighted by Gasteiger charge is 2.31. The first-order chi connectivity index (χ1) is 9.85. The lowest BCUT2D eigenvalue weighted by atomic mass is 9.75. The van der Waals surface area contributed by atoms with Crippen molar-refractivity contribution < 1.29 is 9.18 Å². The molecule has 0 aromatic heterocycles. The molecule has 2 rings (SSSR count). The number of benzene rings is 1. The number of nitrogens with two attached hydrogens (primary N) is 1. The van der Waals surface area contributed by atoms with Gasteiger partial charge in [-0.05, 0) is 43.2 Å². The highest BCUT2D eigenvalue weighted by molar-refractivity contribution is 5.99. The van der Waals surface area contributed by atoms with Crippen molar-refractivity contribution in [3.05, 3.63) is 29.6 Å². The average molecular weight is 293 g/mol. The maximum atomic E-state index is 13.7. The summed E-state index contributed by atoms with van der Waals surface area (Å²) in [6.45, 7) is 4.52. The molecule has 1 aliphatic rings. The van der Waals surface area contributed by atoms with Gasteiger partial charge in [0.1, 0.15) is 5.82 Å². The molecule has 1 aromatic rings. The van der Waals surface area contributed by atoms with E-state index in [-0.39, 0.29) is 23.2 Å². The molecule has 0 bridgehead atoms. The molecule has 0 unspecified atom stereocenters. The number of amides is 1. The Hall–Kier alpha value is -1.62. The summed E-state index contributed by atoms with van der Waals surface area (Å²) in [5.74, 6) is 4.64. The lowest BCUT2D eigenvalue weighted by Gasteiger charge is -2.38. The Bertz CT molecular complexity index is 520. The molecule has 1 fully saturated rings. The second-order valence-electron chi connectivity index (χ2n) is 6.62. The summed E-state index contributed by atoms with van der Waals surface area (Å²) in [7, 11) is 1.79. The van der Waals surface area contributed by atoms with E-state index in [1.54, 1.807) is 18.0 Å². The van der Waals surface area contributed by atoms with E-state index < -0.39 is 5.82 Å². The third kappa shape index (κ3) is 3.35. The lowest BCUT2D eigenvalue weighted by molar-refractivity contribution is 0.0636. The molecule has 0 radical (unpaired) electrons. The topological polar surface area (TPSA) is 58.4 Å². The zero-order chi connectivity index (χ0) is 15.6. The number of carbonyl (C=O) groups excluding carboxylic acids is 1. The molecule has 0 atom stereocenters. The normalized spacial score (nSPS) is 18.3. The standard InChI is InChI=1S/C16H24FN3O/c1-16(2)9-7-11(8-10-16)20(3)15(21)12-5-4-6-13(17)14(12)19-18/h4-6,11,19H,7-10,18H2,1-3H3. The van der Waals surface area contributed by atoms with E-state index in [1.165, 1.54) is 12.1 Å². The zero-order valence-electron chi connectivity index (χ0n) is 12.9. The van der Waals surface area contributed by atoms with E-state index in [0.717, 1.165) is 25.7 Å². The number of hydrogen-bond acceptors (Lipinski definition) is 3. The Balaban J connectivity index is 2.15. The quantitative estimate of drug-likeness (QED) is 0.665. The third-order valence-corrected chi connectivity index (χ3v) is 4.57. The van der Waals surface area contributed by atoms with Crippen LogP contribution in [0, 0.1) is 11.2 Å². The molecule has 21 heavy (non-hydrogen) atoms. The first-order valence-corrected chi connectivity index (χ1v) is 7.38. The van der Waals surface area contributed by atoms with Crippen LogP contribution in [0.2, 0.25) is 0 Å². The molecular formula is C16H24FN3O. The predicted octanol–water partition coefficient (Wildman–Crippen LogP) is 3.15. The van der Waals surface area contributed by atoms with Gasteiger partial charge in [0, 0.05) is 13.1 Å². The molecule has 1 saturated carbocycles. The van der Waals surface area contributed by atoms with Crippen molar-refractivity contribution in [1.82, 2.24) is 4.90 Å². The predicted molar refractivity (Wildman–Crippen MR) is 82.3 cm³/mol. The van der Waals surface area contributed by atoms with E-state index in [0.29, 0.717) is 5.41 Å². The average Bonchev–Trinajstić information content (AvgIpc) is 2.45. The van der Waals surface area contributed by atoms with Gasteiger partial charge in [-0.15, -0.1) is 0 Å². The molecule has 1 aliphatic carbocycles. The molecule has 116 valence electrons. The van der Waals surface area contributed by atoms with Crippen LogP contribution in [0.1, 0.15) is 49.9 Å². The number of halogens is 1. The Morgan fingerprint density at radius 1 is 1.38 bits per heavy atom. The fourth-order valence-electron chi connectivity index (χ4n) is 2.98. The molecule has 5 heteroatoms. The summed E-state index contributed by atoms with van der Waals surface area (Å²) in [4.78, 5) is 14.3. The Morgan fingerprint density at radius 3 is 2.57 bits per heavy atom. The molecule has 0 aliphatic heterocycles. The molecule has 1 amide bonds. The van der Waals surface area contributed by atoms with Crippen LogP contribution in [0.25, 0.3) is 0 Å². The minimum atomic E-state index is -0.512. The fraction of sp³-hybridized carbons (Fsp3) is 0.562. The van der Waals surface area contributed by atoms with Gasteiger partial charge in [0.25, 0.3) is 5.91 Å². The summed E-state index contributed by atoms with van der Waals surface area (Å²) < 4.78 is 13.7. The number of rotatable bonds is 3.